The van der Waals surface area contributed by atoms with Gasteiger partial charge in [0, 0.05) is 28.8 Å². The maximum absolute atomic E-state index is 14.2. The molecule has 2 heterocycles. The Kier molecular flexibility index (Phi) is 9.59. The fourth-order valence-corrected chi connectivity index (χ4v) is 5.36. The minimum atomic E-state index is -0.625. The molecule has 38 heavy (non-hydrogen) atoms. The molecule has 0 N–H and O–H groups in total. The fourth-order valence-electron chi connectivity index (χ4n) is 4.83. The fraction of sp³-hybridized carbons (Fsp3) is 0.379. The monoisotopic (exact) mass is 646 g/mol. The first kappa shape index (κ1) is 28.7. The van der Waals surface area contributed by atoms with Crippen LogP contribution >= 0.6 is 31.9 Å². The van der Waals surface area contributed by atoms with Crippen molar-refractivity contribution in [2.45, 2.75) is 40.1 Å². The van der Waals surface area contributed by atoms with Crippen LogP contribution in [0, 0.1) is 0 Å². The third-order valence-corrected chi connectivity index (χ3v) is 7.40. The second kappa shape index (κ2) is 12.7. The average Bonchev–Trinajstić information content (AvgIpc) is 3.32. The molecule has 202 valence electrons. The van der Waals surface area contributed by atoms with Crippen LogP contribution in [0.1, 0.15) is 38.8 Å². The molecule has 0 fully saturated rings. The second-order valence-electron chi connectivity index (χ2n) is 8.90. The summed E-state index contributed by atoms with van der Waals surface area (Å²) < 4.78 is 19.2. The number of hydrogen-bond donors (Lipinski definition) is 0. The summed E-state index contributed by atoms with van der Waals surface area (Å²) in [5, 5.41) is 0. The van der Waals surface area contributed by atoms with Crippen molar-refractivity contribution in [1.29, 1.82) is 0 Å². The summed E-state index contributed by atoms with van der Waals surface area (Å²) in [6.45, 7) is 9.52. The lowest BCUT2D eigenvalue weighted by Crippen LogP contribution is -2.38. The van der Waals surface area contributed by atoms with E-state index < -0.39 is 6.29 Å². The predicted molar refractivity (Wildman–Crippen MR) is 154 cm³/mol. The van der Waals surface area contributed by atoms with Crippen molar-refractivity contribution in [3.05, 3.63) is 79.7 Å². The molecule has 2 aromatic carbocycles. The van der Waals surface area contributed by atoms with Crippen molar-refractivity contribution in [2.24, 2.45) is 0 Å². The zero-order valence-electron chi connectivity index (χ0n) is 22.0. The van der Waals surface area contributed by atoms with Crippen molar-refractivity contribution in [2.75, 3.05) is 32.9 Å². The van der Waals surface area contributed by atoms with E-state index >= 15 is 0 Å². The lowest BCUT2D eigenvalue weighted by Gasteiger charge is -2.29. The first-order valence-corrected chi connectivity index (χ1v) is 14.4. The van der Waals surface area contributed by atoms with E-state index in [1.54, 1.807) is 9.80 Å². The van der Waals surface area contributed by atoms with E-state index in [0.29, 0.717) is 48.9 Å². The largest absolute Gasteiger partial charge is 0.377 e. The Bertz CT molecular complexity index is 1230. The molecular formula is C29H32Br2N2O5. The number of nitrogens with zero attached hydrogens (tertiary/aromatic N) is 2. The molecule has 2 aromatic rings. The zero-order valence-corrected chi connectivity index (χ0v) is 25.2. The zero-order chi connectivity index (χ0) is 27.4. The van der Waals surface area contributed by atoms with E-state index in [2.05, 4.69) is 31.9 Å². The van der Waals surface area contributed by atoms with Crippen molar-refractivity contribution in [1.82, 2.24) is 9.80 Å². The molecule has 0 bridgehead atoms. The molecule has 2 aliphatic heterocycles. The number of carbonyl (C=O) groups excluding carboxylic acids is 2. The Hall–Kier alpha value is -2.30. The van der Waals surface area contributed by atoms with Gasteiger partial charge in [0.05, 0.1) is 41.7 Å². The van der Waals surface area contributed by atoms with Gasteiger partial charge in [0.2, 0.25) is 0 Å². The summed E-state index contributed by atoms with van der Waals surface area (Å²) >= 11 is 6.98. The van der Waals surface area contributed by atoms with Crippen LogP contribution in [0.4, 0.5) is 0 Å². The van der Waals surface area contributed by atoms with E-state index in [-0.39, 0.29) is 24.5 Å². The number of fused-ring (bicyclic) bond motifs is 1. The van der Waals surface area contributed by atoms with Crippen molar-refractivity contribution in [3.8, 4) is 0 Å². The molecule has 2 aliphatic rings. The topological polar surface area (TPSA) is 68.3 Å². The summed E-state index contributed by atoms with van der Waals surface area (Å²) in [6.07, 6.45) is -0.836. The molecule has 9 heteroatoms. The Morgan fingerprint density at radius 2 is 1.05 bits per heavy atom. The molecule has 0 aromatic heterocycles. The van der Waals surface area contributed by atoms with Crippen LogP contribution in [0.3, 0.4) is 0 Å². The highest BCUT2D eigenvalue weighted by Gasteiger charge is 2.49. The number of benzene rings is 2. The first-order chi connectivity index (χ1) is 18.3. The summed E-state index contributed by atoms with van der Waals surface area (Å²) in [5.41, 5.74) is 3.49. The standard InChI is InChI=1S/C29H32Br2N2O5/c1-5-36-18(4)16-32-26(19-8-12-21(30)13-9-19)24-25(28(32)34)27(20-10-14-22(31)15-11-20)33(29(24)35)17-23(37-6-2)38-7-3/h8-15,18,23H,5-7,16-17H2,1-4H3. The molecule has 0 spiro atoms. The van der Waals surface area contributed by atoms with Crippen LogP contribution in [-0.2, 0) is 23.8 Å². The molecule has 2 amide bonds. The predicted octanol–water partition coefficient (Wildman–Crippen LogP) is 5.84. The van der Waals surface area contributed by atoms with Gasteiger partial charge in [-0.25, -0.2) is 0 Å². The van der Waals surface area contributed by atoms with E-state index in [9.17, 15) is 9.59 Å². The lowest BCUT2D eigenvalue weighted by atomic mass is 10.0. The van der Waals surface area contributed by atoms with Gasteiger partial charge >= 0.3 is 0 Å². The highest BCUT2D eigenvalue weighted by Crippen LogP contribution is 2.47. The quantitative estimate of drug-likeness (QED) is 0.271. The van der Waals surface area contributed by atoms with Gasteiger partial charge in [-0.3, -0.25) is 9.59 Å². The van der Waals surface area contributed by atoms with Crippen LogP contribution in [0.2, 0.25) is 0 Å². The molecular weight excluding hydrogens is 616 g/mol. The van der Waals surface area contributed by atoms with Crippen molar-refractivity contribution in [3.63, 3.8) is 0 Å². The summed E-state index contributed by atoms with van der Waals surface area (Å²) in [7, 11) is 0. The summed E-state index contributed by atoms with van der Waals surface area (Å²) in [6, 6.07) is 15.3. The number of hydrogen-bond acceptors (Lipinski definition) is 5. The lowest BCUT2D eigenvalue weighted by molar-refractivity contribution is -0.150. The van der Waals surface area contributed by atoms with E-state index in [4.69, 9.17) is 14.2 Å². The van der Waals surface area contributed by atoms with Gasteiger partial charge in [-0.15, -0.1) is 0 Å². The van der Waals surface area contributed by atoms with E-state index in [0.717, 1.165) is 20.1 Å². The van der Waals surface area contributed by atoms with Gasteiger partial charge in [-0.05, 0) is 63.1 Å². The van der Waals surface area contributed by atoms with Gasteiger partial charge in [-0.1, -0.05) is 56.1 Å². The Balaban J connectivity index is 1.92. The van der Waals surface area contributed by atoms with E-state index in [1.807, 2.05) is 76.2 Å². The Labute approximate surface area is 240 Å². The highest BCUT2D eigenvalue weighted by atomic mass is 79.9. The minimum Gasteiger partial charge on any atom is -0.377 e. The first-order valence-electron chi connectivity index (χ1n) is 12.8. The van der Waals surface area contributed by atoms with Crippen LogP contribution < -0.4 is 0 Å². The summed E-state index contributed by atoms with van der Waals surface area (Å²) in [4.78, 5) is 31.7. The van der Waals surface area contributed by atoms with Crippen LogP contribution in [0.5, 0.6) is 0 Å². The Morgan fingerprint density at radius 1 is 0.658 bits per heavy atom. The molecule has 0 radical (unpaired) electrons. The molecule has 0 aliphatic carbocycles. The Morgan fingerprint density at radius 3 is 1.45 bits per heavy atom. The molecule has 0 saturated heterocycles. The molecule has 1 atom stereocenters. The maximum atomic E-state index is 14.2. The van der Waals surface area contributed by atoms with Crippen LogP contribution in [0.15, 0.2) is 68.6 Å². The molecule has 4 rings (SSSR count). The van der Waals surface area contributed by atoms with Gasteiger partial charge in [0.15, 0.2) is 6.29 Å². The number of ether oxygens (including phenoxy) is 3. The molecule has 0 saturated carbocycles. The number of carbonyl (C=O) groups is 2. The SMILES string of the molecule is CCOC(C)CN1C(=O)C2=C(c3ccc(Br)cc3)N(CC(OCC)OCC)C(=O)C2=C1c1ccc(Br)cc1. The second-order valence-corrected chi connectivity index (χ2v) is 10.7. The maximum Gasteiger partial charge on any atom is 0.261 e. The van der Waals surface area contributed by atoms with Crippen molar-refractivity contribution < 1.29 is 23.8 Å². The van der Waals surface area contributed by atoms with Gasteiger partial charge in [-0.2, -0.15) is 0 Å². The van der Waals surface area contributed by atoms with Crippen molar-refractivity contribution >= 4 is 55.1 Å². The minimum absolute atomic E-state index is 0.162. The van der Waals surface area contributed by atoms with Gasteiger partial charge in [0.25, 0.3) is 11.8 Å². The smallest absolute Gasteiger partial charge is 0.261 e. The normalized spacial score (nSPS) is 16.4. The van der Waals surface area contributed by atoms with Crippen LogP contribution in [-0.4, -0.2) is 66.9 Å². The van der Waals surface area contributed by atoms with Gasteiger partial charge < -0.3 is 24.0 Å². The highest BCUT2D eigenvalue weighted by molar-refractivity contribution is 9.10. The summed E-state index contributed by atoms with van der Waals surface area (Å²) in [5.74, 6) is -0.470. The third kappa shape index (κ3) is 5.82. The third-order valence-electron chi connectivity index (χ3n) is 6.34. The number of rotatable bonds is 12. The number of halogens is 2. The van der Waals surface area contributed by atoms with Gasteiger partial charge in [0.1, 0.15) is 0 Å². The molecule has 7 nitrogen and oxygen atoms in total. The number of amides is 2. The van der Waals surface area contributed by atoms with E-state index in [1.165, 1.54) is 0 Å². The average molecular weight is 648 g/mol. The molecule has 1 unspecified atom stereocenters. The van der Waals surface area contributed by atoms with Crippen LogP contribution in [0.25, 0.3) is 11.4 Å².